The van der Waals surface area contributed by atoms with E-state index in [1.54, 1.807) is 18.3 Å². The average molecular weight is 283 g/mol. The number of nitrogens with one attached hydrogen (secondary N) is 1. The summed E-state index contributed by atoms with van der Waals surface area (Å²) >= 11 is 0. The van der Waals surface area contributed by atoms with Crippen molar-refractivity contribution in [1.82, 2.24) is 15.4 Å². The van der Waals surface area contributed by atoms with Crippen LogP contribution in [0.2, 0.25) is 0 Å². The molecule has 2 fully saturated rings. The number of nitrogens with zero attached hydrogens (tertiary/aromatic N) is 2. The lowest BCUT2D eigenvalue weighted by Gasteiger charge is -2.17. The van der Waals surface area contributed by atoms with Crippen LogP contribution in [0.15, 0.2) is 36.7 Å². The predicted molar refractivity (Wildman–Crippen MR) is 71.3 cm³/mol. The lowest BCUT2D eigenvalue weighted by molar-refractivity contribution is -0.143. The Hall–Kier alpha value is -2.50. The summed E-state index contributed by atoms with van der Waals surface area (Å²) < 4.78 is 0. The minimum atomic E-state index is -0.495. The molecule has 1 aliphatic heterocycles. The van der Waals surface area contributed by atoms with Gasteiger partial charge in [-0.3, -0.25) is 24.8 Å². The molecule has 4 rings (SSSR count). The lowest BCUT2D eigenvalue weighted by Crippen LogP contribution is -2.47. The van der Waals surface area contributed by atoms with Gasteiger partial charge in [0.1, 0.15) is 0 Å². The van der Waals surface area contributed by atoms with Crippen molar-refractivity contribution in [2.45, 2.75) is 6.42 Å². The molecular weight excluding hydrogens is 270 g/mol. The highest BCUT2D eigenvalue weighted by molar-refractivity contribution is 6.08. The number of amides is 3. The van der Waals surface area contributed by atoms with E-state index in [4.69, 9.17) is 0 Å². The van der Waals surface area contributed by atoms with Crippen LogP contribution in [-0.2, 0) is 9.59 Å². The molecule has 4 atom stereocenters. The van der Waals surface area contributed by atoms with Gasteiger partial charge in [-0.05, 0) is 30.4 Å². The molecule has 0 unspecified atom stereocenters. The number of fused-ring (bicyclic) bond motifs is 5. The van der Waals surface area contributed by atoms with Crippen molar-refractivity contribution < 1.29 is 14.4 Å². The number of allylic oxidation sites excluding steroid dienone is 2. The fraction of sp³-hybridized carbons (Fsp3) is 0.333. The van der Waals surface area contributed by atoms with E-state index in [1.807, 2.05) is 12.2 Å². The fourth-order valence-electron chi connectivity index (χ4n) is 3.68. The first-order valence-corrected chi connectivity index (χ1v) is 6.94. The Bertz CT molecular complexity index is 640. The molecule has 1 saturated heterocycles. The molecule has 2 bridgehead atoms. The summed E-state index contributed by atoms with van der Waals surface area (Å²) in [7, 11) is 0. The molecule has 0 radical (unpaired) electrons. The van der Waals surface area contributed by atoms with Crippen molar-refractivity contribution in [3.8, 4) is 0 Å². The number of imide groups is 1. The number of pyridine rings is 1. The van der Waals surface area contributed by atoms with Gasteiger partial charge in [0, 0.05) is 12.4 Å². The van der Waals surface area contributed by atoms with Crippen LogP contribution in [-0.4, -0.2) is 27.7 Å². The van der Waals surface area contributed by atoms with E-state index in [-0.39, 0.29) is 35.5 Å². The van der Waals surface area contributed by atoms with Crippen molar-refractivity contribution in [2.24, 2.45) is 23.7 Å². The number of hydrogen-bond donors (Lipinski definition) is 1. The van der Waals surface area contributed by atoms with E-state index in [2.05, 4.69) is 10.4 Å². The van der Waals surface area contributed by atoms with E-state index in [0.717, 1.165) is 11.4 Å². The standard InChI is InChI=1S/C15H13N3O3/c19-13(10-2-1-5-16-7-10)17-18-14(20)11-8-3-4-9(6-8)12(11)15(18)21/h1-5,7-9,11-12H,6H2,(H,17,19)/t8-,9-,11-,12-/m1/s1. The molecule has 1 N–H and O–H groups in total. The Labute approximate surface area is 120 Å². The summed E-state index contributed by atoms with van der Waals surface area (Å²) in [5, 5.41) is 0.900. The third-order valence-corrected chi connectivity index (χ3v) is 4.61. The number of aromatic nitrogens is 1. The van der Waals surface area contributed by atoms with Crippen molar-refractivity contribution in [3.05, 3.63) is 42.2 Å². The maximum absolute atomic E-state index is 12.4. The summed E-state index contributed by atoms with van der Waals surface area (Å²) in [6.07, 6.45) is 7.85. The van der Waals surface area contributed by atoms with Gasteiger partial charge in [0.05, 0.1) is 17.4 Å². The maximum atomic E-state index is 12.4. The molecule has 0 spiro atoms. The van der Waals surface area contributed by atoms with E-state index in [9.17, 15) is 14.4 Å². The number of rotatable bonds is 2. The van der Waals surface area contributed by atoms with Crippen molar-refractivity contribution >= 4 is 17.7 Å². The highest BCUT2D eigenvalue weighted by Gasteiger charge is 2.59. The third kappa shape index (κ3) is 1.65. The van der Waals surface area contributed by atoms with Crippen LogP contribution in [0.25, 0.3) is 0 Å². The normalized spacial score (nSPS) is 32.7. The summed E-state index contributed by atoms with van der Waals surface area (Å²) in [5.74, 6) is -1.42. The van der Waals surface area contributed by atoms with Gasteiger partial charge in [0.25, 0.3) is 17.7 Å². The number of carbonyl (C=O) groups excluding carboxylic acids is 3. The molecular formula is C15H13N3O3. The van der Waals surface area contributed by atoms with Crippen LogP contribution in [0.5, 0.6) is 0 Å². The average Bonchev–Trinajstić information content (AvgIpc) is 3.18. The second-order valence-corrected chi connectivity index (χ2v) is 5.69. The number of hydrogen-bond acceptors (Lipinski definition) is 4. The van der Waals surface area contributed by atoms with Gasteiger partial charge in [0.15, 0.2) is 0 Å². The van der Waals surface area contributed by atoms with Gasteiger partial charge in [-0.25, -0.2) is 0 Å². The van der Waals surface area contributed by atoms with Crippen LogP contribution in [0.1, 0.15) is 16.8 Å². The second kappa shape index (κ2) is 4.25. The van der Waals surface area contributed by atoms with E-state index in [1.165, 1.54) is 6.20 Å². The zero-order valence-corrected chi connectivity index (χ0v) is 11.1. The number of hydrazine groups is 1. The molecule has 0 aromatic carbocycles. The van der Waals surface area contributed by atoms with Gasteiger partial charge in [0.2, 0.25) is 0 Å². The van der Waals surface area contributed by atoms with Crippen LogP contribution >= 0.6 is 0 Å². The van der Waals surface area contributed by atoms with Gasteiger partial charge < -0.3 is 0 Å². The van der Waals surface area contributed by atoms with Crippen LogP contribution in [0, 0.1) is 23.7 Å². The monoisotopic (exact) mass is 283 g/mol. The smallest absolute Gasteiger partial charge is 0.271 e. The minimum absolute atomic E-state index is 0.136. The number of carbonyl (C=O) groups is 3. The molecule has 1 aromatic rings. The highest BCUT2D eigenvalue weighted by Crippen LogP contribution is 2.52. The molecule has 6 heteroatoms. The lowest BCUT2D eigenvalue weighted by atomic mass is 9.85. The Balaban J connectivity index is 1.56. The topological polar surface area (TPSA) is 79.4 Å². The third-order valence-electron chi connectivity index (χ3n) is 4.61. The highest BCUT2D eigenvalue weighted by atomic mass is 16.2. The molecule has 3 aliphatic rings. The zero-order valence-electron chi connectivity index (χ0n) is 11.1. The van der Waals surface area contributed by atoms with Gasteiger partial charge >= 0.3 is 0 Å². The van der Waals surface area contributed by atoms with Gasteiger partial charge in [-0.1, -0.05) is 12.2 Å². The molecule has 2 aliphatic carbocycles. The fourth-order valence-corrected chi connectivity index (χ4v) is 3.68. The molecule has 6 nitrogen and oxygen atoms in total. The Morgan fingerprint density at radius 2 is 1.86 bits per heavy atom. The summed E-state index contributed by atoms with van der Waals surface area (Å²) in [5.41, 5.74) is 2.74. The van der Waals surface area contributed by atoms with E-state index in [0.29, 0.717) is 5.56 Å². The first-order chi connectivity index (χ1) is 10.2. The molecule has 1 saturated carbocycles. The van der Waals surface area contributed by atoms with Gasteiger partial charge in [-0.2, -0.15) is 5.01 Å². The largest absolute Gasteiger partial charge is 0.272 e. The molecule has 21 heavy (non-hydrogen) atoms. The summed E-state index contributed by atoms with van der Waals surface area (Å²) in [4.78, 5) is 40.7. The summed E-state index contributed by atoms with van der Waals surface area (Å²) in [6.45, 7) is 0. The Morgan fingerprint density at radius 3 is 2.43 bits per heavy atom. The SMILES string of the molecule is O=C(NN1C(=O)[C@H]2[C@H](C1=O)[C@@H]1C=C[C@@H]2C1)c1cccnc1. The quantitative estimate of drug-likeness (QED) is 0.634. The van der Waals surface area contributed by atoms with E-state index >= 15 is 0 Å². The first-order valence-electron chi connectivity index (χ1n) is 6.94. The van der Waals surface area contributed by atoms with Gasteiger partial charge in [-0.15, -0.1) is 0 Å². The van der Waals surface area contributed by atoms with Crippen molar-refractivity contribution in [3.63, 3.8) is 0 Å². The summed E-state index contributed by atoms with van der Waals surface area (Å²) in [6, 6.07) is 3.21. The van der Waals surface area contributed by atoms with Crippen molar-refractivity contribution in [2.75, 3.05) is 0 Å². The molecule has 3 amide bonds. The molecule has 1 aromatic heterocycles. The predicted octanol–water partition coefficient (Wildman–Crippen LogP) is 0.533. The minimum Gasteiger partial charge on any atom is -0.272 e. The van der Waals surface area contributed by atoms with E-state index < -0.39 is 5.91 Å². The molecule has 2 heterocycles. The Kier molecular flexibility index (Phi) is 2.48. The van der Waals surface area contributed by atoms with Crippen LogP contribution < -0.4 is 5.43 Å². The first kappa shape index (κ1) is 12.3. The second-order valence-electron chi connectivity index (χ2n) is 5.69. The molecule has 106 valence electrons. The van der Waals surface area contributed by atoms with Crippen LogP contribution in [0.3, 0.4) is 0 Å². The van der Waals surface area contributed by atoms with Crippen molar-refractivity contribution in [1.29, 1.82) is 0 Å². The Morgan fingerprint density at radius 1 is 1.19 bits per heavy atom. The van der Waals surface area contributed by atoms with Crippen LogP contribution in [0.4, 0.5) is 0 Å². The zero-order chi connectivity index (χ0) is 14.6. The maximum Gasteiger partial charge on any atom is 0.271 e.